The number of hydrogen-bond acceptors (Lipinski definition) is 3. The van der Waals surface area contributed by atoms with Crippen molar-refractivity contribution < 1.29 is 14.2 Å². The largest absolute Gasteiger partial charge is 0.494 e. The maximum Gasteiger partial charge on any atom is 0.183 e. The maximum atomic E-state index is 5.75. The van der Waals surface area contributed by atoms with Gasteiger partial charge in [0.05, 0.1) is 19.8 Å². The van der Waals surface area contributed by atoms with Gasteiger partial charge in [0.25, 0.3) is 0 Å². The van der Waals surface area contributed by atoms with Gasteiger partial charge in [-0.3, -0.25) is 0 Å². The smallest absolute Gasteiger partial charge is 0.183 e. The molecule has 0 radical (unpaired) electrons. The SMILES string of the molecule is C/C=C/[C@H]1CO[C@H](c2ccc(OCCCC)cc2)OC1. The fourth-order valence-corrected chi connectivity index (χ4v) is 2.15. The first kappa shape index (κ1) is 15.1. The number of allylic oxidation sites excluding steroid dienone is 1. The quantitative estimate of drug-likeness (QED) is 0.578. The van der Waals surface area contributed by atoms with Crippen LogP contribution < -0.4 is 4.74 Å². The Kier molecular flexibility index (Phi) is 6.09. The van der Waals surface area contributed by atoms with Crippen LogP contribution in [0.3, 0.4) is 0 Å². The van der Waals surface area contributed by atoms with Crippen molar-refractivity contribution in [2.75, 3.05) is 19.8 Å². The van der Waals surface area contributed by atoms with E-state index in [0.717, 1.165) is 30.8 Å². The summed E-state index contributed by atoms with van der Waals surface area (Å²) in [7, 11) is 0. The molecule has 2 rings (SSSR count). The van der Waals surface area contributed by atoms with Gasteiger partial charge < -0.3 is 14.2 Å². The van der Waals surface area contributed by atoms with Crippen molar-refractivity contribution in [1.82, 2.24) is 0 Å². The Labute approximate surface area is 121 Å². The summed E-state index contributed by atoms with van der Waals surface area (Å²) in [5.41, 5.74) is 1.05. The number of unbranched alkanes of at least 4 members (excludes halogenated alkanes) is 1. The van der Waals surface area contributed by atoms with Crippen molar-refractivity contribution in [1.29, 1.82) is 0 Å². The third kappa shape index (κ3) is 4.36. The number of rotatable bonds is 6. The van der Waals surface area contributed by atoms with Crippen LogP contribution in [0.2, 0.25) is 0 Å². The number of ether oxygens (including phenoxy) is 3. The molecular weight excluding hydrogens is 252 g/mol. The van der Waals surface area contributed by atoms with Gasteiger partial charge >= 0.3 is 0 Å². The summed E-state index contributed by atoms with van der Waals surface area (Å²) in [6.45, 7) is 6.37. The zero-order chi connectivity index (χ0) is 14.2. The molecule has 0 unspecified atom stereocenters. The highest BCUT2D eigenvalue weighted by Gasteiger charge is 2.21. The molecule has 0 atom stereocenters. The molecule has 0 spiro atoms. The van der Waals surface area contributed by atoms with E-state index in [1.807, 2.05) is 37.3 Å². The molecule has 0 aliphatic carbocycles. The van der Waals surface area contributed by atoms with Crippen molar-refractivity contribution in [2.45, 2.75) is 33.0 Å². The van der Waals surface area contributed by atoms with Gasteiger partial charge in [-0.1, -0.05) is 37.6 Å². The van der Waals surface area contributed by atoms with Gasteiger partial charge in [0.2, 0.25) is 0 Å². The van der Waals surface area contributed by atoms with Crippen molar-refractivity contribution >= 4 is 0 Å². The normalized spacial score (nSPS) is 23.1. The third-order valence-corrected chi connectivity index (χ3v) is 3.31. The van der Waals surface area contributed by atoms with E-state index in [2.05, 4.69) is 13.0 Å². The molecule has 3 heteroatoms. The van der Waals surface area contributed by atoms with Crippen LogP contribution in [0.1, 0.15) is 38.5 Å². The van der Waals surface area contributed by atoms with Crippen LogP contribution in [0.15, 0.2) is 36.4 Å². The van der Waals surface area contributed by atoms with Gasteiger partial charge in [-0.05, 0) is 25.5 Å². The number of hydrogen-bond donors (Lipinski definition) is 0. The fourth-order valence-electron chi connectivity index (χ4n) is 2.15. The predicted molar refractivity (Wildman–Crippen MR) is 79.8 cm³/mol. The predicted octanol–water partition coefficient (Wildman–Crippen LogP) is 4.10. The van der Waals surface area contributed by atoms with Crippen LogP contribution in [0.25, 0.3) is 0 Å². The summed E-state index contributed by atoms with van der Waals surface area (Å²) in [5.74, 6) is 1.28. The summed E-state index contributed by atoms with van der Waals surface area (Å²) >= 11 is 0. The zero-order valence-corrected chi connectivity index (χ0v) is 12.4. The first-order valence-corrected chi connectivity index (χ1v) is 7.42. The van der Waals surface area contributed by atoms with Gasteiger partial charge in [-0.2, -0.15) is 0 Å². The fraction of sp³-hybridized carbons (Fsp3) is 0.529. The van der Waals surface area contributed by atoms with Gasteiger partial charge in [-0.25, -0.2) is 0 Å². The summed E-state index contributed by atoms with van der Waals surface area (Å²) < 4.78 is 17.2. The van der Waals surface area contributed by atoms with Crippen molar-refractivity contribution in [2.24, 2.45) is 5.92 Å². The van der Waals surface area contributed by atoms with E-state index in [1.165, 1.54) is 0 Å². The van der Waals surface area contributed by atoms with E-state index in [0.29, 0.717) is 19.1 Å². The monoisotopic (exact) mass is 276 g/mol. The zero-order valence-electron chi connectivity index (χ0n) is 12.4. The lowest BCUT2D eigenvalue weighted by atomic mass is 10.1. The average molecular weight is 276 g/mol. The molecule has 1 aromatic rings. The molecule has 20 heavy (non-hydrogen) atoms. The molecule has 0 aromatic heterocycles. The Hall–Kier alpha value is -1.32. The standard InChI is InChI=1S/C17H24O3/c1-3-5-11-18-16-9-7-15(8-10-16)17-19-12-14(6-4-2)13-20-17/h4,6-10,14,17H,3,5,11-13H2,1-2H3/b6-4+/t14-,17-. The number of benzene rings is 1. The lowest BCUT2D eigenvalue weighted by Crippen LogP contribution is -2.25. The van der Waals surface area contributed by atoms with Gasteiger partial charge in [0.1, 0.15) is 5.75 Å². The van der Waals surface area contributed by atoms with Gasteiger partial charge in [-0.15, -0.1) is 0 Å². The summed E-state index contributed by atoms with van der Waals surface area (Å²) in [6.07, 6.45) is 6.15. The van der Waals surface area contributed by atoms with E-state index in [1.54, 1.807) is 0 Å². The van der Waals surface area contributed by atoms with Gasteiger partial charge in [0, 0.05) is 11.5 Å². The second-order valence-electron chi connectivity index (χ2n) is 5.06. The molecule has 0 saturated carbocycles. The molecule has 110 valence electrons. The average Bonchev–Trinajstić information content (AvgIpc) is 2.49. The minimum atomic E-state index is -0.249. The highest BCUT2D eigenvalue weighted by molar-refractivity contribution is 5.28. The lowest BCUT2D eigenvalue weighted by Gasteiger charge is -2.28. The first-order valence-electron chi connectivity index (χ1n) is 7.42. The first-order chi connectivity index (χ1) is 9.83. The molecule has 1 heterocycles. The molecule has 0 bridgehead atoms. The van der Waals surface area contributed by atoms with E-state index in [-0.39, 0.29) is 6.29 Å². The molecule has 1 aromatic carbocycles. The Morgan fingerprint density at radius 3 is 2.50 bits per heavy atom. The lowest BCUT2D eigenvalue weighted by molar-refractivity contribution is -0.197. The molecular formula is C17H24O3. The summed E-state index contributed by atoms with van der Waals surface area (Å²) in [6, 6.07) is 8.00. The molecule has 1 fully saturated rings. The van der Waals surface area contributed by atoms with E-state index < -0.39 is 0 Å². The minimum absolute atomic E-state index is 0.249. The van der Waals surface area contributed by atoms with E-state index in [4.69, 9.17) is 14.2 Å². The third-order valence-electron chi connectivity index (χ3n) is 3.31. The Bertz CT molecular complexity index is 403. The van der Waals surface area contributed by atoms with Crippen LogP contribution in [-0.4, -0.2) is 19.8 Å². The summed E-state index contributed by atoms with van der Waals surface area (Å²) in [5, 5.41) is 0. The van der Waals surface area contributed by atoms with Gasteiger partial charge in [0.15, 0.2) is 6.29 Å². The Balaban J connectivity index is 1.84. The van der Waals surface area contributed by atoms with Crippen LogP contribution in [0, 0.1) is 5.92 Å². The van der Waals surface area contributed by atoms with Crippen molar-refractivity contribution in [3.63, 3.8) is 0 Å². The topological polar surface area (TPSA) is 27.7 Å². The highest BCUT2D eigenvalue weighted by Crippen LogP contribution is 2.27. The van der Waals surface area contributed by atoms with Crippen molar-refractivity contribution in [3.05, 3.63) is 42.0 Å². The Morgan fingerprint density at radius 2 is 1.90 bits per heavy atom. The second-order valence-corrected chi connectivity index (χ2v) is 5.06. The van der Waals surface area contributed by atoms with Crippen LogP contribution in [-0.2, 0) is 9.47 Å². The summed E-state index contributed by atoms with van der Waals surface area (Å²) in [4.78, 5) is 0. The Morgan fingerprint density at radius 1 is 1.20 bits per heavy atom. The molecule has 1 aliphatic heterocycles. The molecule has 3 nitrogen and oxygen atoms in total. The van der Waals surface area contributed by atoms with Crippen LogP contribution in [0.4, 0.5) is 0 Å². The van der Waals surface area contributed by atoms with E-state index >= 15 is 0 Å². The van der Waals surface area contributed by atoms with E-state index in [9.17, 15) is 0 Å². The van der Waals surface area contributed by atoms with Crippen LogP contribution >= 0.6 is 0 Å². The van der Waals surface area contributed by atoms with Crippen molar-refractivity contribution in [3.8, 4) is 5.75 Å². The van der Waals surface area contributed by atoms with Crippen LogP contribution in [0.5, 0.6) is 5.75 Å². The minimum Gasteiger partial charge on any atom is -0.494 e. The molecule has 0 amide bonds. The maximum absolute atomic E-state index is 5.75. The molecule has 1 saturated heterocycles. The highest BCUT2D eigenvalue weighted by atomic mass is 16.7. The molecule has 1 aliphatic rings. The second kappa shape index (κ2) is 8.08. The molecule has 0 N–H and O–H groups in total.